The van der Waals surface area contributed by atoms with Crippen molar-refractivity contribution in [3.05, 3.63) is 19.9 Å². The Morgan fingerprint density at radius 2 is 2.31 bits per heavy atom. The van der Waals surface area contributed by atoms with E-state index in [9.17, 15) is 4.79 Å². The van der Waals surface area contributed by atoms with Gasteiger partial charge in [-0.15, -0.1) is 11.3 Å². The summed E-state index contributed by atoms with van der Waals surface area (Å²) in [5.74, 6) is 1.77. The summed E-state index contributed by atoms with van der Waals surface area (Å²) in [4.78, 5) is 12.0. The number of amides is 1. The molecule has 3 unspecified atom stereocenters. The van der Waals surface area contributed by atoms with Gasteiger partial charge in [0.1, 0.15) is 0 Å². The monoisotopic (exact) mass is 347 g/mol. The second-order valence-corrected chi connectivity index (χ2v) is 7.70. The smallest absolute Gasteiger partial charge is 0.252 e. The van der Waals surface area contributed by atoms with Gasteiger partial charge in [0.15, 0.2) is 0 Å². The number of hydrogen-bond acceptors (Lipinski definition) is 2. The molecule has 2 bridgehead atoms. The molecule has 1 amide bonds. The molecule has 1 N–H and O–H groups in total. The molecule has 0 spiro atoms. The maximum absolute atomic E-state index is 12.0. The molecular formula is C12H14INOS. The molecule has 1 aromatic heterocycles. The Hall–Kier alpha value is -0.100. The van der Waals surface area contributed by atoms with Crippen LogP contribution in [-0.4, -0.2) is 11.9 Å². The summed E-state index contributed by atoms with van der Waals surface area (Å²) < 4.78 is 1.18. The predicted octanol–water partition coefficient (Wildman–Crippen LogP) is 3.27. The number of halogens is 1. The van der Waals surface area contributed by atoms with Gasteiger partial charge in [-0.3, -0.25) is 4.79 Å². The fourth-order valence-corrected chi connectivity index (χ4v) is 4.43. The minimum Gasteiger partial charge on any atom is -0.349 e. The van der Waals surface area contributed by atoms with Gasteiger partial charge in [0.25, 0.3) is 5.91 Å². The lowest BCUT2D eigenvalue weighted by atomic mass is 9.95. The highest BCUT2D eigenvalue weighted by Crippen LogP contribution is 2.44. The quantitative estimate of drug-likeness (QED) is 0.818. The predicted molar refractivity (Wildman–Crippen MR) is 73.7 cm³/mol. The topological polar surface area (TPSA) is 29.1 Å². The Morgan fingerprint density at radius 1 is 1.44 bits per heavy atom. The molecule has 2 nitrogen and oxygen atoms in total. The van der Waals surface area contributed by atoms with Gasteiger partial charge in [0, 0.05) is 11.4 Å². The summed E-state index contributed by atoms with van der Waals surface area (Å²) in [6, 6.07) is 2.41. The maximum Gasteiger partial charge on any atom is 0.252 e. The molecule has 86 valence electrons. The van der Waals surface area contributed by atoms with Crippen LogP contribution in [0, 0.1) is 14.7 Å². The van der Waals surface area contributed by atoms with Crippen molar-refractivity contribution >= 4 is 39.8 Å². The van der Waals surface area contributed by atoms with Crippen molar-refractivity contribution in [1.29, 1.82) is 0 Å². The Morgan fingerprint density at radius 3 is 2.88 bits per heavy atom. The van der Waals surface area contributed by atoms with Crippen molar-refractivity contribution < 1.29 is 4.79 Å². The number of fused-ring (bicyclic) bond motifs is 2. The average molecular weight is 347 g/mol. The zero-order valence-electron chi connectivity index (χ0n) is 8.91. The van der Waals surface area contributed by atoms with Gasteiger partial charge in [-0.2, -0.15) is 0 Å². The molecule has 2 saturated carbocycles. The summed E-state index contributed by atoms with van der Waals surface area (Å²) in [5, 5.41) is 5.15. The third kappa shape index (κ3) is 2.01. The van der Waals surface area contributed by atoms with Crippen molar-refractivity contribution in [2.24, 2.45) is 11.8 Å². The van der Waals surface area contributed by atoms with Crippen LogP contribution in [0.3, 0.4) is 0 Å². The normalized spacial score (nSPS) is 31.9. The third-order valence-electron chi connectivity index (χ3n) is 3.88. The molecule has 2 fully saturated rings. The summed E-state index contributed by atoms with van der Waals surface area (Å²) in [6.45, 7) is 0. The molecule has 0 aliphatic heterocycles. The van der Waals surface area contributed by atoms with Crippen LogP contribution >= 0.6 is 33.9 Å². The van der Waals surface area contributed by atoms with Gasteiger partial charge < -0.3 is 5.32 Å². The summed E-state index contributed by atoms with van der Waals surface area (Å²) in [6.07, 6.45) is 5.24. The molecular weight excluding hydrogens is 333 g/mol. The molecule has 3 atom stereocenters. The SMILES string of the molecule is O=C(NC1CC2CCC1C2)c1csc(I)c1. The van der Waals surface area contributed by atoms with Crippen LogP contribution in [-0.2, 0) is 0 Å². The van der Waals surface area contributed by atoms with Crippen molar-refractivity contribution in [2.45, 2.75) is 31.7 Å². The zero-order valence-corrected chi connectivity index (χ0v) is 11.9. The highest BCUT2D eigenvalue weighted by atomic mass is 127. The molecule has 16 heavy (non-hydrogen) atoms. The minimum absolute atomic E-state index is 0.122. The van der Waals surface area contributed by atoms with Gasteiger partial charge in [-0.25, -0.2) is 0 Å². The van der Waals surface area contributed by atoms with Crippen molar-refractivity contribution in [1.82, 2.24) is 5.32 Å². The van der Waals surface area contributed by atoms with Crippen molar-refractivity contribution in [3.8, 4) is 0 Å². The van der Waals surface area contributed by atoms with Gasteiger partial charge in [-0.1, -0.05) is 6.42 Å². The van der Waals surface area contributed by atoms with E-state index in [2.05, 4.69) is 27.9 Å². The summed E-state index contributed by atoms with van der Waals surface area (Å²) >= 11 is 3.89. The van der Waals surface area contributed by atoms with Crippen LogP contribution in [0.25, 0.3) is 0 Å². The molecule has 1 aromatic rings. The Balaban J connectivity index is 1.65. The van der Waals surface area contributed by atoms with E-state index in [1.165, 1.54) is 28.6 Å². The van der Waals surface area contributed by atoms with Crippen LogP contribution in [0.4, 0.5) is 0 Å². The molecule has 0 aromatic carbocycles. The molecule has 4 heteroatoms. The highest BCUT2D eigenvalue weighted by Gasteiger charge is 2.40. The summed E-state index contributed by atoms with van der Waals surface area (Å²) in [5.41, 5.74) is 0.831. The molecule has 1 heterocycles. The standard InChI is InChI=1S/C12H14INOS/c13-11-5-9(6-16-11)12(15)14-10-4-7-1-2-8(10)3-7/h5-8,10H,1-4H2,(H,14,15). The van der Waals surface area contributed by atoms with Crippen LogP contribution < -0.4 is 5.32 Å². The van der Waals surface area contributed by atoms with E-state index in [0.29, 0.717) is 6.04 Å². The second kappa shape index (κ2) is 4.29. The third-order valence-corrected chi connectivity index (χ3v) is 5.67. The van der Waals surface area contributed by atoms with Gasteiger partial charge in [0.2, 0.25) is 0 Å². The molecule has 0 saturated heterocycles. The fraction of sp³-hybridized carbons (Fsp3) is 0.583. The van der Waals surface area contributed by atoms with Gasteiger partial charge in [-0.05, 0) is 59.8 Å². The van der Waals surface area contributed by atoms with Crippen LogP contribution in [0.5, 0.6) is 0 Å². The number of carbonyl (C=O) groups excluding carboxylic acids is 1. The largest absolute Gasteiger partial charge is 0.349 e. The highest BCUT2D eigenvalue weighted by molar-refractivity contribution is 14.1. The van der Waals surface area contributed by atoms with Crippen molar-refractivity contribution in [2.75, 3.05) is 0 Å². The van der Waals surface area contributed by atoms with E-state index >= 15 is 0 Å². The summed E-state index contributed by atoms with van der Waals surface area (Å²) in [7, 11) is 0. The maximum atomic E-state index is 12.0. The average Bonchev–Trinajstić information content (AvgIpc) is 2.92. The lowest BCUT2D eigenvalue weighted by molar-refractivity contribution is 0.0923. The van der Waals surface area contributed by atoms with E-state index < -0.39 is 0 Å². The van der Waals surface area contributed by atoms with Crippen LogP contribution in [0.15, 0.2) is 11.4 Å². The Bertz CT molecular complexity index is 417. The first kappa shape index (κ1) is 11.0. The number of carbonyl (C=O) groups is 1. The molecule has 2 aliphatic carbocycles. The van der Waals surface area contributed by atoms with Crippen LogP contribution in [0.2, 0.25) is 0 Å². The lowest BCUT2D eigenvalue weighted by Crippen LogP contribution is -2.38. The van der Waals surface area contributed by atoms with E-state index in [4.69, 9.17) is 0 Å². The van der Waals surface area contributed by atoms with E-state index in [1.54, 1.807) is 11.3 Å². The number of hydrogen-bond donors (Lipinski definition) is 1. The molecule has 3 rings (SSSR count). The minimum atomic E-state index is 0.122. The molecule has 0 radical (unpaired) electrons. The van der Waals surface area contributed by atoms with Crippen molar-refractivity contribution in [3.63, 3.8) is 0 Å². The first-order valence-electron chi connectivity index (χ1n) is 5.77. The lowest BCUT2D eigenvalue weighted by Gasteiger charge is -2.22. The van der Waals surface area contributed by atoms with Gasteiger partial charge >= 0.3 is 0 Å². The first-order valence-corrected chi connectivity index (χ1v) is 7.73. The Labute approximate surface area is 113 Å². The van der Waals surface area contributed by atoms with Gasteiger partial charge in [0.05, 0.1) is 8.45 Å². The Kier molecular flexibility index (Phi) is 2.96. The van der Waals surface area contributed by atoms with E-state index in [0.717, 1.165) is 17.4 Å². The number of nitrogens with one attached hydrogen (secondary N) is 1. The second-order valence-electron chi connectivity index (χ2n) is 4.89. The first-order chi connectivity index (χ1) is 7.72. The fourth-order valence-electron chi connectivity index (χ4n) is 3.10. The van der Waals surface area contributed by atoms with E-state index in [1.807, 2.05) is 11.4 Å². The van der Waals surface area contributed by atoms with Crippen LogP contribution in [0.1, 0.15) is 36.0 Å². The zero-order chi connectivity index (χ0) is 11.1. The molecule has 2 aliphatic rings. The van der Waals surface area contributed by atoms with E-state index in [-0.39, 0.29) is 5.91 Å². The number of thiophene rings is 1. The number of rotatable bonds is 2.